The molecule has 0 radical (unpaired) electrons. The van der Waals surface area contributed by atoms with Crippen LogP contribution in [-0.2, 0) is 22.4 Å². The number of ether oxygens (including phenoxy) is 2. The van der Waals surface area contributed by atoms with Gasteiger partial charge < -0.3 is 31.6 Å². The predicted molar refractivity (Wildman–Crippen MR) is 191 cm³/mol. The molecule has 0 N–H and O–H groups in total. The van der Waals surface area contributed by atoms with Crippen LogP contribution < -0.4 is 10.2 Å². The van der Waals surface area contributed by atoms with Gasteiger partial charge in [-0.2, -0.15) is 0 Å². The Hall–Kier alpha value is -1.88. The van der Waals surface area contributed by atoms with E-state index in [1.807, 2.05) is 36.4 Å². The lowest BCUT2D eigenvalue weighted by molar-refractivity contribution is -0.265. The van der Waals surface area contributed by atoms with Gasteiger partial charge in [-0.15, -0.1) is 0 Å². The molecule has 2 heterocycles. The maximum atomic E-state index is 13.3. The first-order valence-corrected chi connectivity index (χ1v) is 29.4. The van der Waals surface area contributed by atoms with Gasteiger partial charge in [-0.05, 0) is 96.8 Å². The predicted octanol–water partition coefficient (Wildman–Crippen LogP) is 8.08. The standard InChI is InChI=1S/C33H52O8Si4/c1-42(2,3)35-22-29-30(39-43(4,5)6)31(40-44(7,8)9)32(41-45(10,11)12)33(38-29)36-24-18-19-27-25(20-24)26(34)21-28(37-27)23-16-14-13-15-17-23/h13-21,29-33H,22H2,1-12H3/t29-,30-,31+,32-,33-/m1/s1. The molecule has 3 aromatic rings. The van der Waals surface area contributed by atoms with Crippen molar-refractivity contribution < 1.29 is 31.6 Å². The molecule has 8 nitrogen and oxygen atoms in total. The molecule has 4 rings (SSSR count). The molecule has 1 fully saturated rings. The topological polar surface area (TPSA) is 85.6 Å². The van der Waals surface area contributed by atoms with Gasteiger partial charge in [-0.3, -0.25) is 4.79 Å². The summed E-state index contributed by atoms with van der Waals surface area (Å²) in [6.45, 7) is 26.3. The fraction of sp³-hybridized carbons (Fsp3) is 0.545. The molecule has 12 heteroatoms. The molecule has 45 heavy (non-hydrogen) atoms. The summed E-state index contributed by atoms with van der Waals surface area (Å²) < 4.78 is 46.6. The van der Waals surface area contributed by atoms with Crippen LogP contribution in [0.1, 0.15) is 0 Å². The largest absolute Gasteiger partial charge is 0.462 e. The van der Waals surface area contributed by atoms with Gasteiger partial charge in [0.15, 0.2) is 38.7 Å². The van der Waals surface area contributed by atoms with Crippen LogP contribution >= 0.6 is 0 Å². The van der Waals surface area contributed by atoms with Gasteiger partial charge in [0.05, 0.1) is 12.0 Å². The Morgan fingerprint density at radius 3 is 1.82 bits per heavy atom. The number of fused-ring (bicyclic) bond motifs is 1. The van der Waals surface area contributed by atoms with Crippen molar-refractivity contribution in [2.24, 2.45) is 0 Å². The third-order valence-corrected chi connectivity index (χ3v) is 10.7. The molecule has 5 atom stereocenters. The summed E-state index contributed by atoms with van der Waals surface area (Å²) in [5.41, 5.74) is 1.18. The molecule has 2 aromatic carbocycles. The van der Waals surface area contributed by atoms with Crippen molar-refractivity contribution in [3.63, 3.8) is 0 Å². The zero-order valence-corrected chi connectivity index (χ0v) is 33.1. The highest BCUT2D eigenvalue weighted by molar-refractivity contribution is 6.71. The minimum absolute atomic E-state index is 0.148. The van der Waals surface area contributed by atoms with Crippen LogP contribution in [0.2, 0.25) is 78.6 Å². The van der Waals surface area contributed by atoms with Gasteiger partial charge in [-0.25, -0.2) is 0 Å². The molecule has 0 saturated carbocycles. The van der Waals surface area contributed by atoms with E-state index in [2.05, 4.69) is 78.6 Å². The first kappa shape index (κ1) is 36.0. The molecule has 1 aliphatic rings. The number of hydrogen-bond acceptors (Lipinski definition) is 8. The van der Waals surface area contributed by atoms with Crippen LogP contribution in [0.15, 0.2) is 63.8 Å². The Bertz CT molecular complexity index is 1490. The molecule has 1 aromatic heterocycles. The molecule has 0 bridgehead atoms. The lowest BCUT2D eigenvalue weighted by atomic mass is 9.99. The van der Waals surface area contributed by atoms with Crippen molar-refractivity contribution in [3.05, 3.63) is 64.8 Å². The first-order valence-electron chi connectivity index (χ1n) is 15.8. The molecule has 1 saturated heterocycles. The summed E-state index contributed by atoms with van der Waals surface area (Å²) in [6.07, 6.45) is -2.62. The van der Waals surface area contributed by atoms with E-state index in [0.717, 1.165) is 5.56 Å². The second-order valence-corrected chi connectivity index (χ2v) is 33.6. The second-order valence-electron chi connectivity index (χ2n) is 15.7. The lowest BCUT2D eigenvalue weighted by Crippen LogP contribution is -2.67. The van der Waals surface area contributed by atoms with Crippen molar-refractivity contribution in [3.8, 4) is 17.1 Å². The maximum Gasteiger partial charge on any atom is 0.228 e. The van der Waals surface area contributed by atoms with Gasteiger partial charge in [0.1, 0.15) is 41.5 Å². The van der Waals surface area contributed by atoms with E-state index >= 15 is 0 Å². The van der Waals surface area contributed by atoms with Crippen LogP contribution in [-0.4, -0.2) is 70.6 Å². The minimum atomic E-state index is -2.13. The summed E-state index contributed by atoms with van der Waals surface area (Å²) in [4.78, 5) is 13.3. The van der Waals surface area contributed by atoms with E-state index in [1.54, 1.807) is 12.1 Å². The van der Waals surface area contributed by atoms with Crippen LogP contribution in [0.5, 0.6) is 5.75 Å². The van der Waals surface area contributed by atoms with Crippen molar-refractivity contribution in [2.75, 3.05) is 6.61 Å². The number of rotatable bonds is 12. The van der Waals surface area contributed by atoms with E-state index in [1.165, 1.54) is 6.07 Å². The van der Waals surface area contributed by atoms with Crippen LogP contribution in [0.3, 0.4) is 0 Å². The van der Waals surface area contributed by atoms with Crippen LogP contribution in [0, 0.1) is 0 Å². The summed E-state index contributed by atoms with van der Waals surface area (Å²) >= 11 is 0. The molecular formula is C33H52O8Si4. The highest BCUT2D eigenvalue weighted by Crippen LogP contribution is 2.36. The molecule has 248 valence electrons. The summed E-state index contributed by atoms with van der Waals surface area (Å²) in [5.74, 6) is 1.00. The summed E-state index contributed by atoms with van der Waals surface area (Å²) in [7, 11) is -8.15. The Labute approximate surface area is 272 Å². The number of benzene rings is 2. The zero-order valence-electron chi connectivity index (χ0n) is 29.1. The molecule has 0 spiro atoms. The molecular weight excluding hydrogens is 637 g/mol. The molecule has 0 amide bonds. The summed E-state index contributed by atoms with van der Waals surface area (Å²) in [5, 5.41) is 0.430. The van der Waals surface area contributed by atoms with Crippen molar-refractivity contribution in [2.45, 2.75) is 109 Å². The fourth-order valence-electron chi connectivity index (χ4n) is 5.15. The Morgan fingerprint density at radius 2 is 1.24 bits per heavy atom. The average Bonchev–Trinajstić information content (AvgIpc) is 2.89. The molecule has 0 aliphatic carbocycles. The first-order chi connectivity index (χ1) is 20.7. The van der Waals surface area contributed by atoms with Gasteiger partial charge in [0.25, 0.3) is 0 Å². The third-order valence-electron chi connectivity index (χ3n) is 6.75. The van der Waals surface area contributed by atoms with E-state index in [0.29, 0.717) is 29.1 Å². The highest BCUT2D eigenvalue weighted by atomic mass is 28.4. The monoisotopic (exact) mass is 688 g/mol. The van der Waals surface area contributed by atoms with E-state index in [-0.39, 0.29) is 11.5 Å². The van der Waals surface area contributed by atoms with Gasteiger partial charge in [-0.1, -0.05) is 30.3 Å². The Morgan fingerprint density at radius 1 is 0.667 bits per heavy atom. The molecule has 0 unspecified atom stereocenters. The Kier molecular flexibility index (Phi) is 10.9. The quantitative estimate of drug-likeness (QED) is 0.177. The normalized spacial score (nSPS) is 23.3. The van der Waals surface area contributed by atoms with E-state index in [4.69, 9.17) is 31.6 Å². The highest BCUT2D eigenvalue weighted by Gasteiger charge is 2.52. The van der Waals surface area contributed by atoms with Crippen LogP contribution in [0.25, 0.3) is 22.3 Å². The smallest absolute Gasteiger partial charge is 0.228 e. The van der Waals surface area contributed by atoms with Crippen molar-refractivity contribution in [1.29, 1.82) is 0 Å². The average molecular weight is 689 g/mol. The van der Waals surface area contributed by atoms with Gasteiger partial charge >= 0.3 is 0 Å². The Balaban J connectivity index is 1.76. The lowest BCUT2D eigenvalue weighted by Gasteiger charge is -2.50. The molecule has 1 aliphatic heterocycles. The third kappa shape index (κ3) is 10.6. The van der Waals surface area contributed by atoms with Gasteiger partial charge in [0, 0.05) is 11.6 Å². The SMILES string of the molecule is C[Si](C)(C)OC[C@H]1O[C@@H](Oc2ccc3oc(-c4ccccc4)cc(=O)c3c2)[C@H](O[Si](C)(C)C)[C@@H](O[Si](C)(C)C)[C@@H]1O[Si](C)(C)C. The second kappa shape index (κ2) is 13.7. The van der Waals surface area contributed by atoms with Crippen molar-refractivity contribution in [1.82, 2.24) is 0 Å². The van der Waals surface area contributed by atoms with E-state index < -0.39 is 57.9 Å². The fourth-order valence-corrected chi connectivity index (χ4v) is 9.07. The van der Waals surface area contributed by atoms with E-state index in [9.17, 15) is 4.79 Å². The van der Waals surface area contributed by atoms with Crippen LogP contribution in [0.4, 0.5) is 0 Å². The van der Waals surface area contributed by atoms with Gasteiger partial charge in [0.2, 0.25) is 6.29 Å². The summed E-state index contributed by atoms with van der Waals surface area (Å²) in [6, 6.07) is 16.4. The number of hydrogen-bond donors (Lipinski definition) is 0. The maximum absolute atomic E-state index is 13.3. The van der Waals surface area contributed by atoms with Crippen molar-refractivity contribution >= 4 is 44.2 Å². The minimum Gasteiger partial charge on any atom is -0.462 e. The zero-order chi connectivity index (χ0) is 33.4.